The number of halogens is 2. The summed E-state index contributed by atoms with van der Waals surface area (Å²) in [5.41, 5.74) is 6.55. The predicted molar refractivity (Wildman–Crippen MR) is 71.8 cm³/mol. The van der Waals surface area contributed by atoms with E-state index >= 15 is 0 Å². The summed E-state index contributed by atoms with van der Waals surface area (Å²) < 4.78 is 32.3. The van der Waals surface area contributed by atoms with Gasteiger partial charge >= 0.3 is 0 Å². The Hall–Kier alpha value is -2.30. The summed E-state index contributed by atoms with van der Waals surface area (Å²) in [4.78, 5) is 1.48. The third-order valence-corrected chi connectivity index (χ3v) is 2.88. The van der Waals surface area contributed by atoms with Gasteiger partial charge in [-0.25, -0.2) is 8.78 Å². The molecule has 0 aliphatic heterocycles. The Kier molecular flexibility index (Phi) is 3.55. The van der Waals surface area contributed by atoms with Crippen LogP contribution in [0.1, 0.15) is 0 Å². The molecule has 0 radical (unpaired) electrons. The van der Waals surface area contributed by atoms with Crippen molar-refractivity contribution < 1.29 is 13.5 Å². The van der Waals surface area contributed by atoms with Crippen LogP contribution in [0.15, 0.2) is 36.4 Å². The van der Waals surface area contributed by atoms with Gasteiger partial charge in [0.2, 0.25) is 0 Å². The van der Waals surface area contributed by atoms with E-state index < -0.39 is 11.6 Å². The Morgan fingerprint density at radius 2 is 1.89 bits per heavy atom. The van der Waals surface area contributed by atoms with E-state index in [2.05, 4.69) is 0 Å². The van der Waals surface area contributed by atoms with Gasteiger partial charge in [0.25, 0.3) is 0 Å². The summed E-state index contributed by atoms with van der Waals surface area (Å²) in [5, 5.41) is 0. The van der Waals surface area contributed by atoms with E-state index in [1.165, 1.54) is 18.1 Å². The standard InChI is InChI=1S/C14H14F2N2O/c1-18(9-4-3-5-10(8-9)19-2)14-12(17)7-6-11(15)13(14)16/h3-8H,17H2,1-2H3. The van der Waals surface area contributed by atoms with Crippen LogP contribution in [0, 0.1) is 11.6 Å². The normalized spacial score (nSPS) is 10.3. The van der Waals surface area contributed by atoms with Crippen LogP contribution < -0.4 is 15.4 Å². The largest absolute Gasteiger partial charge is 0.497 e. The second-order valence-corrected chi connectivity index (χ2v) is 4.06. The molecule has 0 bridgehead atoms. The summed E-state index contributed by atoms with van der Waals surface area (Å²) >= 11 is 0. The fourth-order valence-electron chi connectivity index (χ4n) is 1.84. The maximum absolute atomic E-state index is 13.9. The van der Waals surface area contributed by atoms with Gasteiger partial charge < -0.3 is 15.4 Å². The van der Waals surface area contributed by atoms with Gasteiger partial charge in [-0.3, -0.25) is 0 Å². The first-order chi connectivity index (χ1) is 9.04. The summed E-state index contributed by atoms with van der Waals surface area (Å²) in [6.45, 7) is 0. The highest BCUT2D eigenvalue weighted by Gasteiger charge is 2.17. The van der Waals surface area contributed by atoms with E-state index in [1.54, 1.807) is 31.3 Å². The van der Waals surface area contributed by atoms with Crippen molar-refractivity contribution in [2.24, 2.45) is 0 Å². The zero-order chi connectivity index (χ0) is 14.0. The molecule has 0 aromatic heterocycles. The summed E-state index contributed by atoms with van der Waals surface area (Å²) in [5.74, 6) is -1.27. The van der Waals surface area contributed by atoms with Crippen molar-refractivity contribution >= 4 is 17.1 Å². The minimum atomic E-state index is -0.967. The lowest BCUT2D eigenvalue weighted by molar-refractivity contribution is 0.415. The third kappa shape index (κ3) is 2.45. The Labute approximate surface area is 110 Å². The zero-order valence-electron chi connectivity index (χ0n) is 10.7. The van der Waals surface area contributed by atoms with E-state index in [-0.39, 0.29) is 11.4 Å². The van der Waals surface area contributed by atoms with Crippen LogP contribution in [-0.2, 0) is 0 Å². The van der Waals surface area contributed by atoms with Crippen LogP contribution >= 0.6 is 0 Å². The Balaban J connectivity index is 2.49. The molecule has 0 heterocycles. The summed E-state index contributed by atoms with van der Waals surface area (Å²) in [6.07, 6.45) is 0. The van der Waals surface area contributed by atoms with Gasteiger partial charge in [0, 0.05) is 18.8 Å². The van der Waals surface area contributed by atoms with Crippen molar-refractivity contribution in [3.8, 4) is 5.75 Å². The molecule has 100 valence electrons. The van der Waals surface area contributed by atoms with E-state index in [1.807, 2.05) is 0 Å². The van der Waals surface area contributed by atoms with Crippen LogP contribution in [0.5, 0.6) is 5.75 Å². The second-order valence-electron chi connectivity index (χ2n) is 4.06. The first-order valence-electron chi connectivity index (χ1n) is 5.66. The molecule has 0 fully saturated rings. The molecule has 5 heteroatoms. The lowest BCUT2D eigenvalue weighted by Gasteiger charge is -2.22. The minimum absolute atomic E-state index is 0.00764. The molecule has 19 heavy (non-hydrogen) atoms. The number of methoxy groups -OCH3 is 1. The number of nitrogens with zero attached hydrogens (tertiary/aromatic N) is 1. The fraction of sp³-hybridized carbons (Fsp3) is 0.143. The smallest absolute Gasteiger partial charge is 0.184 e. The van der Waals surface area contributed by atoms with Gasteiger partial charge in [-0.2, -0.15) is 0 Å². The lowest BCUT2D eigenvalue weighted by Crippen LogP contribution is -2.14. The Morgan fingerprint density at radius 3 is 2.58 bits per heavy atom. The van der Waals surface area contributed by atoms with E-state index in [9.17, 15) is 8.78 Å². The number of ether oxygens (including phenoxy) is 1. The zero-order valence-corrected chi connectivity index (χ0v) is 10.7. The van der Waals surface area contributed by atoms with Crippen LogP contribution in [-0.4, -0.2) is 14.2 Å². The van der Waals surface area contributed by atoms with E-state index in [0.29, 0.717) is 11.4 Å². The number of benzene rings is 2. The Bertz CT molecular complexity index is 602. The number of hydrogen-bond donors (Lipinski definition) is 1. The second kappa shape index (κ2) is 5.14. The molecular weight excluding hydrogens is 250 g/mol. The van der Waals surface area contributed by atoms with Crippen molar-refractivity contribution in [3.63, 3.8) is 0 Å². The molecule has 3 nitrogen and oxygen atoms in total. The van der Waals surface area contributed by atoms with Gasteiger partial charge in [-0.1, -0.05) is 6.07 Å². The molecule has 0 saturated heterocycles. The molecule has 0 aliphatic rings. The molecule has 0 saturated carbocycles. The molecule has 2 aromatic carbocycles. The predicted octanol–water partition coefficient (Wildman–Crippen LogP) is 3.32. The molecule has 0 unspecified atom stereocenters. The highest BCUT2D eigenvalue weighted by molar-refractivity contribution is 5.75. The first kappa shape index (κ1) is 13.1. The maximum Gasteiger partial charge on any atom is 0.184 e. The number of nitrogens with two attached hydrogens (primary N) is 1. The van der Waals surface area contributed by atoms with E-state index in [0.717, 1.165) is 6.07 Å². The number of anilines is 3. The van der Waals surface area contributed by atoms with Gasteiger partial charge in [-0.15, -0.1) is 0 Å². The third-order valence-electron chi connectivity index (χ3n) is 2.88. The SMILES string of the molecule is COc1cccc(N(C)c2c(N)ccc(F)c2F)c1. The molecule has 0 amide bonds. The number of rotatable bonds is 3. The molecule has 2 aromatic rings. The van der Waals surface area contributed by atoms with Crippen molar-refractivity contribution in [3.05, 3.63) is 48.0 Å². The van der Waals surface area contributed by atoms with Gasteiger partial charge in [-0.05, 0) is 24.3 Å². The van der Waals surface area contributed by atoms with Crippen LogP contribution in [0.2, 0.25) is 0 Å². The molecule has 0 aliphatic carbocycles. The topological polar surface area (TPSA) is 38.5 Å². The monoisotopic (exact) mass is 264 g/mol. The Morgan fingerprint density at radius 1 is 1.16 bits per heavy atom. The molecule has 0 spiro atoms. The van der Waals surface area contributed by atoms with Crippen molar-refractivity contribution in [1.29, 1.82) is 0 Å². The van der Waals surface area contributed by atoms with Crippen LogP contribution in [0.25, 0.3) is 0 Å². The van der Waals surface area contributed by atoms with Crippen molar-refractivity contribution in [2.45, 2.75) is 0 Å². The molecule has 0 atom stereocenters. The minimum Gasteiger partial charge on any atom is -0.497 e. The molecular formula is C14H14F2N2O. The van der Waals surface area contributed by atoms with Crippen molar-refractivity contribution in [1.82, 2.24) is 0 Å². The van der Waals surface area contributed by atoms with Crippen molar-refractivity contribution in [2.75, 3.05) is 24.8 Å². The molecule has 2 N–H and O–H groups in total. The highest BCUT2D eigenvalue weighted by Crippen LogP contribution is 2.34. The van der Waals surface area contributed by atoms with Gasteiger partial charge in [0.05, 0.1) is 12.8 Å². The molecule has 2 rings (SSSR count). The van der Waals surface area contributed by atoms with Gasteiger partial charge in [0.1, 0.15) is 11.4 Å². The average molecular weight is 264 g/mol. The highest BCUT2D eigenvalue weighted by atomic mass is 19.2. The average Bonchev–Trinajstić information content (AvgIpc) is 2.43. The van der Waals surface area contributed by atoms with E-state index in [4.69, 9.17) is 10.5 Å². The fourth-order valence-corrected chi connectivity index (χ4v) is 1.84. The summed E-state index contributed by atoms with van der Waals surface area (Å²) in [7, 11) is 3.15. The summed E-state index contributed by atoms with van der Waals surface area (Å²) in [6, 6.07) is 9.34. The van der Waals surface area contributed by atoms with Crippen LogP contribution in [0.4, 0.5) is 25.8 Å². The lowest BCUT2D eigenvalue weighted by atomic mass is 10.2. The van der Waals surface area contributed by atoms with Crippen LogP contribution in [0.3, 0.4) is 0 Å². The first-order valence-corrected chi connectivity index (χ1v) is 5.66. The van der Waals surface area contributed by atoms with Gasteiger partial charge in [0.15, 0.2) is 11.6 Å². The number of nitrogen functional groups attached to an aromatic ring is 1. The quantitative estimate of drug-likeness (QED) is 0.864. The maximum atomic E-state index is 13.9. The number of hydrogen-bond acceptors (Lipinski definition) is 3.